The van der Waals surface area contributed by atoms with Crippen LogP contribution in [0.5, 0.6) is 5.75 Å². The summed E-state index contributed by atoms with van der Waals surface area (Å²) in [4.78, 5) is 20.3. The molecule has 1 N–H and O–H groups in total. The minimum absolute atomic E-state index is 0.161. The lowest BCUT2D eigenvalue weighted by molar-refractivity contribution is 0.415. The van der Waals surface area contributed by atoms with Gasteiger partial charge in [-0.05, 0) is 29.8 Å². The number of fused-ring (bicyclic) bond motifs is 2. The number of benzene rings is 3. The topological polar surface area (TPSA) is 59.4 Å². The largest absolute Gasteiger partial charge is 0.497 e. The van der Waals surface area contributed by atoms with Gasteiger partial charge in [0, 0.05) is 17.3 Å². The first-order valence-electron chi connectivity index (χ1n) is 8.32. The molecule has 26 heavy (non-hydrogen) atoms. The molecule has 0 amide bonds. The Morgan fingerprint density at radius 2 is 1.81 bits per heavy atom. The molecule has 4 aromatic rings. The summed E-state index contributed by atoms with van der Waals surface area (Å²) >= 11 is 0. The Hall–Kier alpha value is -3.60. The number of aromatic amines is 1. The number of H-pyrrole nitrogens is 1. The van der Waals surface area contributed by atoms with Crippen LogP contribution in [0.4, 0.5) is 5.69 Å². The molecule has 0 radical (unpaired) electrons. The fourth-order valence-electron chi connectivity index (χ4n) is 3.50. The minimum atomic E-state index is -0.161. The van der Waals surface area contributed by atoms with E-state index in [2.05, 4.69) is 4.98 Å². The highest BCUT2D eigenvalue weighted by Gasteiger charge is 2.19. The van der Waals surface area contributed by atoms with Crippen molar-refractivity contribution in [3.05, 3.63) is 76.7 Å². The van der Waals surface area contributed by atoms with Gasteiger partial charge in [-0.3, -0.25) is 9.56 Å². The van der Waals surface area contributed by atoms with Crippen LogP contribution in [0.2, 0.25) is 0 Å². The maximum Gasteiger partial charge on any atom is 0.331 e. The third-order valence-electron chi connectivity index (χ3n) is 4.72. The van der Waals surface area contributed by atoms with E-state index in [1.54, 1.807) is 11.7 Å². The van der Waals surface area contributed by atoms with Crippen LogP contribution in [-0.4, -0.2) is 22.9 Å². The quantitative estimate of drug-likeness (QED) is 0.526. The molecule has 1 aliphatic heterocycles. The third kappa shape index (κ3) is 2.04. The second-order valence-corrected chi connectivity index (χ2v) is 6.17. The number of hydrogen-bond acceptors (Lipinski definition) is 3. The van der Waals surface area contributed by atoms with Gasteiger partial charge in [-0.2, -0.15) is 0 Å². The molecule has 1 aliphatic rings. The zero-order valence-corrected chi connectivity index (χ0v) is 14.1. The Labute approximate surface area is 149 Å². The van der Waals surface area contributed by atoms with Crippen molar-refractivity contribution in [2.24, 2.45) is 4.99 Å². The Bertz CT molecular complexity index is 1230. The third-order valence-corrected chi connectivity index (χ3v) is 4.72. The second kappa shape index (κ2) is 5.46. The predicted molar refractivity (Wildman–Crippen MR) is 103 cm³/mol. The molecular formula is C21H15N3O2. The average Bonchev–Trinajstić information content (AvgIpc) is 2.91. The molecule has 1 aromatic heterocycles. The van der Waals surface area contributed by atoms with Crippen LogP contribution >= 0.6 is 0 Å². The van der Waals surface area contributed by atoms with Gasteiger partial charge in [0.1, 0.15) is 5.75 Å². The first-order valence-corrected chi connectivity index (χ1v) is 8.32. The van der Waals surface area contributed by atoms with Crippen LogP contribution in [0.1, 0.15) is 5.56 Å². The van der Waals surface area contributed by atoms with E-state index >= 15 is 0 Å². The van der Waals surface area contributed by atoms with E-state index in [1.807, 2.05) is 66.9 Å². The van der Waals surface area contributed by atoms with Gasteiger partial charge >= 0.3 is 5.69 Å². The predicted octanol–water partition coefficient (Wildman–Crippen LogP) is 4.06. The molecule has 5 nitrogen and oxygen atoms in total. The molecule has 2 heterocycles. The lowest BCUT2D eigenvalue weighted by Gasteiger charge is -2.11. The number of methoxy groups -OCH3 is 1. The number of aliphatic imine (C=N–C) groups is 1. The van der Waals surface area contributed by atoms with E-state index in [-0.39, 0.29) is 5.69 Å². The smallest absolute Gasteiger partial charge is 0.331 e. The van der Waals surface area contributed by atoms with Crippen molar-refractivity contribution in [2.45, 2.75) is 0 Å². The zero-order chi connectivity index (χ0) is 17.7. The van der Waals surface area contributed by atoms with Gasteiger partial charge in [-0.25, -0.2) is 4.79 Å². The van der Waals surface area contributed by atoms with E-state index in [9.17, 15) is 4.79 Å². The maximum absolute atomic E-state index is 12.6. The normalized spacial score (nSPS) is 12.0. The van der Waals surface area contributed by atoms with Crippen molar-refractivity contribution in [1.29, 1.82) is 0 Å². The summed E-state index contributed by atoms with van der Waals surface area (Å²) in [6, 6.07) is 19.5. The molecule has 0 unspecified atom stereocenters. The molecule has 5 heteroatoms. The summed E-state index contributed by atoms with van der Waals surface area (Å²) in [5.74, 6) is 0.801. The summed E-state index contributed by atoms with van der Waals surface area (Å²) in [7, 11) is 1.65. The van der Waals surface area contributed by atoms with Gasteiger partial charge in [0.25, 0.3) is 0 Å². The van der Waals surface area contributed by atoms with Gasteiger partial charge in [-0.1, -0.05) is 36.4 Å². The molecule has 0 saturated carbocycles. The second-order valence-electron chi connectivity index (χ2n) is 6.17. The summed E-state index contributed by atoms with van der Waals surface area (Å²) in [6.07, 6.45) is 1.82. The van der Waals surface area contributed by atoms with Crippen LogP contribution in [0.15, 0.2) is 70.5 Å². The van der Waals surface area contributed by atoms with E-state index in [0.717, 1.165) is 44.8 Å². The first kappa shape index (κ1) is 14.7. The number of hydrogen-bond donors (Lipinski definition) is 1. The fourth-order valence-corrected chi connectivity index (χ4v) is 3.50. The molecular weight excluding hydrogens is 326 g/mol. The molecule has 0 spiro atoms. The van der Waals surface area contributed by atoms with Crippen LogP contribution in [0.3, 0.4) is 0 Å². The Morgan fingerprint density at radius 1 is 1.00 bits per heavy atom. The molecule has 0 atom stereocenters. The van der Waals surface area contributed by atoms with Crippen molar-refractivity contribution in [1.82, 2.24) is 9.55 Å². The molecule has 0 bridgehead atoms. The highest BCUT2D eigenvalue weighted by atomic mass is 16.5. The van der Waals surface area contributed by atoms with Crippen molar-refractivity contribution in [3.8, 4) is 22.6 Å². The Kier molecular flexibility index (Phi) is 3.09. The van der Waals surface area contributed by atoms with Crippen LogP contribution in [-0.2, 0) is 0 Å². The molecule has 0 aliphatic carbocycles. The van der Waals surface area contributed by atoms with Gasteiger partial charge in [0.15, 0.2) is 0 Å². The number of aromatic nitrogens is 2. The average molecular weight is 341 g/mol. The number of nitrogens with one attached hydrogen (secondary N) is 1. The van der Waals surface area contributed by atoms with Crippen LogP contribution < -0.4 is 10.4 Å². The van der Waals surface area contributed by atoms with Crippen LogP contribution in [0.25, 0.3) is 27.8 Å². The van der Waals surface area contributed by atoms with E-state index in [4.69, 9.17) is 9.73 Å². The van der Waals surface area contributed by atoms with E-state index in [0.29, 0.717) is 0 Å². The number of nitrogens with zero attached hydrogens (tertiary/aromatic N) is 2. The van der Waals surface area contributed by atoms with Gasteiger partial charge in [0.05, 0.1) is 29.5 Å². The molecule has 0 fully saturated rings. The zero-order valence-electron chi connectivity index (χ0n) is 14.1. The maximum atomic E-state index is 12.6. The fraction of sp³-hybridized carbons (Fsp3) is 0.0476. The highest BCUT2D eigenvalue weighted by molar-refractivity contribution is 6.02. The highest BCUT2D eigenvalue weighted by Crippen LogP contribution is 2.38. The van der Waals surface area contributed by atoms with Gasteiger partial charge in [-0.15, -0.1) is 0 Å². The van der Waals surface area contributed by atoms with Crippen molar-refractivity contribution in [3.63, 3.8) is 0 Å². The number of imidazole rings is 1. The standard InChI is InChI=1S/C21H15N3O2/c1-26-15-10-8-13(9-11-15)16-5-3-7-18-19(16)22-12-14-4-2-6-17-20(14)24(18)21(25)23-17/h2-12H,1H3,(H,23,25). The van der Waals surface area contributed by atoms with E-state index in [1.165, 1.54) is 0 Å². The molecule has 5 rings (SSSR count). The SMILES string of the molecule is COc1ccc(-c2cccc3c2N=Cc2cccc4[nH]c(=O)n-3c24)cc1. The van der Waals surface area contributed by atoms with Crippen molar-refractivity contribution < 1.29 is 4.74 Å². The number of rotatable bonds is 2. The molecule has 0 saturated heterocycles. The van der Waals surface area contributed by atoms with Crippen molar-refractivity contribution in [2.75, 3.05) is 7.11 Å². The Morgan fingerprint density at radius 3 is 2.62 bits per heavy atom. The van der Waals surface area contributed by atoms with Gasteiger partial charge in [0.2, 0.25) is 0 Å². The van der Waals surface area contributed by atoms with Crippen molar-refractivity contribution >= 4 is 22.9 Å². The number of ether oxygens (including phenoxy) is 1. The molecule has 126 valence electrons. The van der Waals surface area contributed by atoms with Gasteiger partial charge < -0.3 is 9.72 Å². The monoisotopic (exact) mass is 341 g/mol. The van der Waals surface area contributed by atoms with E-state index < -0.39 is 0 Å². The number of para-hydroxylation sites is 2. The lowest BCUT2D eigenvalue weighted by Crippen LogP contribution is -2.14. The summed E-state index contributed by atoms with van der Waals surface area (Å²) < 4.78 is 6.95. The molecule has 3 aromatic carbocycles. The minimum Gasteiger partial charge on any atom is -0.497 e. The summed E-state index contributed by atoms with van der Waals surface area (Å²) in [5, 5.41) is 0. The summed E-state index contributed by atoms with van der Waals surface area (Å²) in [5.41, 5.74) is 5.95. The lowest BCUT2D eigenvalue weighted by atomic mass is 10.0. The first-order chi connectivity index (χ1) is 12.8. The van der Waals surface area contributed by atoms with Crippen LogP contribution in [0, 0.1) is 0 Å². The summed E-state index contributed by atoms with van der Waals surface area (Å²) in [6.45, 7) is 0. The Balaban J connectivity index is 1.82.